The number of pyridine rings is 1. The number of carbonyl (C=O) groups excluding carboxylic acids is 1. The van der Waals surface area contributed by atoms with E-state index in [4.69, 9.17) is 16.9 Å². The van der Waals surface area contributed by atoms with Crippen molar-refractivity contribution >= 4 is 34.6 Å². The minimum Gasteiger partial charge on any atom is -0.355 e. The number of nitrogens with zero attached hydrogens (tertiary/aromatic N) is 2. The van der Waals surface area contributed by atoms with E-state index in [1.54, 1.807) is 42.6 Å². The summed E-state index contributed by atoms with van der Waals surface area (Å²) >= 11 is 6.14. The van der Waals surface area contributed by atoms with Crippen LogP contribution in [0, 0.1) is 18.3 Å². The molecule has 2 aromatic carbocycles. The van der Waals surface area contributed by atoms with E-state index in [1.165, 1.54) is 0 Å². The minimum absolute atomic E-state index is 0.260. The number of aryl methyl sites for hydroxylation is 1. The lowest BCUT2D eigenvalue weighted by Crippen LogP contribution is -2.13. The van der Waals surface area contributed by atoms with Gasteiger partial charge in [0.1, 0.15) is 5.69 Å². The second-order valence-corrected chi connectivity index (χ2v) is 6.07. The number of aromatic nitrogens is 1. The molecule has 26 heavy (non-hydrogen) atoms. The Morgan fingerprint density at radius 1 is 1.08 bits per heavy atom. The van der Waals surface area contributed by atoms with Gasteiger partial charge in [0.25, 0.3) is 5.91 Å². The summed E-state index contributed by atoms with van der Waals surface area (Å²) in [7, 11) is 0. The van der Waals surface area contributed by atoms with Gasteiger partial charge in [-0.2, -0.15) is 5.26 Å². The Hall–Kier alpha value is -3.36. The van der Waals surface area contributed by atoms with Crippen molar-refractivity contribution in [1.82, 2.24) is 4.98 Å². The lowest BCUT2D eigenvalue weighted by atomic mass is 10.2. The van der Waals surface area contributed by atoms with Crippen LogP contribution in [-0.4, -0.2) is 10.9 Å². The molecule has 128 valence electrons. The van der Waals surface area contributed by atoms with Crippen molar-refractivity contribution in [2.45, 2.75) is 6.92 Å². The van der Waals surface area contributed by atoms with Crippen molar-refractivity contribution in [3.8, 4) is 6.07 Å². The van der Waals surface area contributed by atoms with E-state index < -0.39 is 0 Å². The van der Waals surface area contributed by atoms with Crippen LogP contribution in [0.15, 0.2) is 60.8 Å². The lowest BCUT2D eigenvalue weighted by molar-refractivity contribution is 0.102. The molecule has 1 heterocycles. The van der Waals surface area contributed by atoms with Gasteiger partial charge < -0.3 is 10.6 Å². The number of hydrogen-bond donors (Lipinski definition) is 2. The van der Waals surface area contributed by atoms with Crippen LogP contribution < -0.4 is 10.6 Å². The summed E-state index contributed by atoms with van der Waals surface area (Å²) in [6.45, 7) is 1.93. The number of carbonyl (C=O) groups is 1. The monoisotopic (exact) mass is 362 g/mol. The maximum absolute atomic E-state index is 12.4. The van der Waals surface area contributed by atoms with Crippen molar-refractivity contribution in [1.29, 1.82) is 5.26 Å². The number of anilines is 3. The normalized spacial score (nSPS) is 10.0. The van der Waals surface area contributed by atoms with Crippen molar-refractivity contribution < 1.29 is 4.79 Å². The topological polar surface area (TPSA) is 77.8 Å². The zero-order valence-corrected chi connectivity index (χ0v) is 14.7. The average Bonchev–Trinajstić information content (AvgIpc) is 2.65. The molecule has 0 fully saturated rings. The van der Waals surface area contributed by atoms with E-state index in [9.17, 15) is 4.79 Å². The first kappa shape index (κ1) is 17.5. The number of hydrogen-bond acceptors (Lipinski definition) is 4. The van der Waals surface area contributed by atoms with Gasteiger partial charge in [-0.25, -0.2) is 0 Å². The maximum Gasteiger partial charge on any atom is 0.274 e. The fourth-order valence-electron chi connectivity index (χ4n) is 2.33. The van der Waals surface area contributed by atoms with Gasteiger partial charge >= 0.3 is 0 Å². The van der Waals surface area contributed by atoms with Crippen LogP contribution in [0.1, 0.15) is 21.6 Å². The number of halogens is 1. The third-order valence-corrected chi connectivity index (χ3v) is 4.11. The molecular formula is C20H15ClN4O. The molecule has 1 amide bonds. The van der Waals surface area contributed by atoms with Crippen LogP contribution in [0.4, 0.5) is 17.1 Å². The highest BCUT2D eigenvalue weighted by atomic mass is 35.5. The van der Waals surface area contributed by atoms with Crippen molar-refractivity contribution in [2.75, 3.05) is 10.6 Å². The van der Waals surface area contributed by atoms with Gasteiger partial charge in [0.05, 0.1) is 11.6 Å². The van der Waals surface area contributed by atoms with Gasteiger partial charge in [-0.15, -0.1) is 0 Å². The van der Waals surface area contributed by atoms with Crippen molar-refractivity contribution in [3.63, 3.8) is 0 Å². The molecule has 3 aromatic rings. The van der Waals surface area contributed by atoms with E-state index in [1.807, 2.05) is 31.2 Å². The molecule has 0 aliphatic carbocycles. The molecule has 0 spiro atoms. The predicted molar refractivity (Wildman–Crippen MR) is 103 cm³/mol. The van der Waals surface area contributed by atoms with Crippen LogP contribution in [0.2, 0.25) is 5.02 Å². The van der Waals surface area contributed by atoms with Crippen molar-refractivity contribution in [3.05, 3.63) is 82.6 Å². The smallest absolute Gasteiger partial charge is 0.274 e. The Morgan fingerprint density at radius 3 is 2.65 bits per heavy atom. The number of rotatable bonds is 4. The molecule has 3 rings (SSSR count). The first-order valence-corrected chi connectivity index (χ1v) is 8.24. The predicted octanol–water partition coefficient (Wildman–Crippen LogP) is 4.91. The third-order valence-electron chi connectivity index (χ3n) is 3.70. The van der Waals surface area contributed by atoms with Crippen molar-refractivity contribution in [2.24, 2.45) is 0 Å². The fraction of sp³-hybridized carbons (Fsp3) is 0.0500. The van der Waals surface area contributed by atoms with Gasteiger partial charge in [-0.05, 0) is 55.0 Å². The summed E-state index contributed by atoms with van der Waals surface area (Å²) < 4.78 is 0. The summed E-state index contributed by atoms with van der Waals surface area (Å²) in [4.78, 5) is 16.5. The van der Waals surface area contributed by atoms with Crippen LogP contribution in [0.5, 0.6) is 0 Å². The molecule has 0 bridgehead atoms. The molecule has 0 unspecified atom stereocenters. The first-order valence-electron chi connectivity index (χ1n) is 7.86. The van der Waals surface area contributed by atoms with E-state index in [2.05, 4.69) is 15.6 Å². The molecule has 0 saturated carbocycles. The number of nitriles is 1. The molecule has 5 nitrogen and oxygen atoms in total. The Labute approximate surface area is 156 Å². The molecule has 0 saturated heterocycles. The fourth-order valence-corrected chi connectivity index (χ4v) is 2.51. The summed E-state index contributed by atoms with van der Waals surface area (Å²) in [6.07, 6.45) is 1.55. The summed E-state index contributed by atoms with van der Waals surface area (Å²) in [5.41, 5.74) is 3.81. The molecule has 1 aromatic heterocycles. The summed E-state index contributed by atoms with van der Waals surface area (Å²) in [6, 6.07) is 17.8. The number of amides is 1. The molecule has 2 N–H and O–H groups in total. The molecule has 0 atom stereocenters. The minimum atomic E-state index is -0.356. The standard InChI is InChI=1S/C20H15ClN4O/c1-13-5-6-16(10-18(13)21)24-17-7-8-23-19(11-17)20(26)25-15-4-2-3-14(9-15)12-22/h2-11H,1H3,(H,23,24)(H,25,26). The third kappa shape index (κ3) is 4.18. The highest BCUT2D eigenvalue weighted by Gasteiger charge is 2.09. The quantitative estimate of drug-likeness (QED) is 0.691. The van der Waals surface area contributed by atoms with Gasteiger partial charge in [0, 0.05) is 28.3 Å². The van der Waals surface area contributed by atoms with Gasteiger partial charge in [0.15, 0.2) is 0 Å². The molecule has 0 aliphatic heterocycles. The Kier molecular flexibility index (Phi) is 5.16. The lowest BCUT2D eigenvalue weighted by Gasteiger charge is -2.10. The van der Waals surface area contributed by atoms with Crippen LogP contribution in [0.25, 0.3) is 0 Å². The van der Waals surface area contributed by atoms with E-state index in [-0.39, 0.29) is 11.6 Å². The average molecular weight is 363 g/mol. The van der Waals surface area contributed by atoms with E-state index >= 15 is 0 Å². The SMILES string of the molecule is Cc1ccc(Nc2ccnc(C(=O)Nc3cccc(C#N)c3)c2)cc1Cl. The molecule has 0 aliphatic rings. The Balaban J connectivity index is 1.76. The Bertz CT molecular complexity index is 1010. The van der Waals surface area contributed by atoms with Gasteiger partial charge in [0.2, 0.25) is 0 Å². The largest absolute Gasteiger partial charge is 0.355 e. The first-order chi connectivity index (χ1) is 12.5. The second kappa shape index (κ2) is 7.68. The summed E-state index contributed by atoms with van der Waals surface area (Å²) in [5, 5.41) is 15.5. The molecule has 6 heteroatoms. The van der Waals surface area contributed by atoms with Gasteiger partial charge in [-0.1, -0.05) is 23.7 Å². The second-order valence-electron chi connectivity index (χ2n) is 5.67. The van der Waals surface area contributed by atoms with Gasteiger partial charge in [-0.3, -0.25) is 9.78 Å². The molecule has 0 radical (unpaired) electrons. The molecular weight excluding hydrogens is 348 g/mol. The zero-order chi connectivity index (χ0) is 18.5. The van der Waals surface area contributed by atoms with E-state index in [0.29, 0.717) is 16.3 Å². The summed E-state index contributed by atoms with van der Waals surface area (Å²) in [5.74, 6) is -0.356. The van der Waals surface area contributed by atoms with Crippen LogP contribution >= 0.6 is 11.6 Å². The number of nitrogens with one attached hydrogen (secondary N) is 2. The van der Waals surface area contributed by atoms with Crippen LogP contribution in [-0.2, 0) is 0 Å². The zero-order valence-electron chi connectivity index (χ0n) is 14.0. The Morgan fingerprint density at radius 2 is 1.88 bits per heavy atom. The van der Waals surface area contributed by atoms with E-state index in [0.717, 1.165) is 16.9 Å². The van der Waals surface area contributed by atoms with Crippen LogP contribution in [0.3, 0.4) is 0 Å². The maximum atomic E-state index is 12.4. The highest BCUT2D eigenvalue weighted by Crippen LogP contribution is 2.23. The number of benzene rings is 2. The highest BCUT2D eigenvalue weighted by molar-refractivity contribution is 6.31.